The Bertz CT molecular complexity index is 130. The van der Waals surface area contributed by atoms with Crippen LogP contribution in [0.2, 0.25) is 0 Å². The van der Waals surface area contributed by atoms with E-state index in [9.17, 15) is 9.70 Å². The number of rotatable bonds is 4. The lowest BCUT2D eigenvalue weighted by Gasteiger charge is -2.04. The molecule has 5 nitrogen and oxygen atoms in total. The minimum absolute atomic E-state index is 0.225. The number of hydrogen-bond acceptors (Lipinski definition) is 5. The first-order chi connectivity index (χ1) is 4.72. The summed E-state index contributed by atoms with van der Waals surface area (Å²) in [4.78, 5) is 20.2. The molecule has 58 valence electrons. The van der Waals surface area contributed by atoms with E-state index >= 15 is 0 Å². The molecule has 0 bridgehead atoms. The minimum Gasteiger partial charge on any atom is -0.358 e. The predicted molar refractivity (Wildman–Crippen MR) is 40.3 cm³/mol. The molecule has 0 fully saturated rings. The summed E-state index contributed by atoms with van der Waals surface area (Å²) in [6, 6.07) is -0.646. The normalized spacial score (nSPS) is 12.2. The van der Waals surface area contributed by atoms with Crippen molar-refractivity contribution in [3.05, 3.63) is 4.91 Å². The SMILES string of the molecule is CNC(=O)[C@@H](N)CSN=O. The van der Waals surface area contributed by atoms with Crippen molar-refractivity contribution in [2.75, 3.05) is 12.8 Å². The molecule has 0 unspecified atom stereocenters. The molecule has 10 heavy (non-hydrogen) atoms. The van der Waals surface area contributed by atoms with E-state index in [4.69, 9.17) is 5.73 Å². The molecule has 0 aliphatic carbocycles. The quantitative estimate of drug-likeness (QED) is 0.431. The first-order valence-corrected chi connectivity index (χ1v) is 3.58. The molecule has 0 heterocycles. The molecule has 1 amide bonds. The van der Waals surface area contributed by atoms with Crippen LogP contribution in [-0.4, -0.2) is 24.7 Å². The van der Waals surface area contributed by atoms with Gasteiger partial charge in [-0.3, -0.25) is 4.79 Å². The summed E-state index contributed by atoms with van der Waals surface area (Å²) >= 11 is 0.744. The van der Waals surface area contributed by atoms with Crippen LogP contribution in [0.3, 0.4) is 0 Å². The van der Waals surface area contributed by atoms with Crippen molar-refractivity contribution in [2.45, 2.75) is 6.04 Å². The molecule has 3 N–H and O–H groups in total. The second-order valence-corrected chi connectivity index (χ2v) is 2.33. The fourth-order valence-electron chi connectivity index (χ4n) is 0.372. The molecule has 0 aliphatic rings. The first kappa shape index (κ1) is 9.38. The second kappa shape index (κ2) is 5.19. The molecular weight excluding hydrogens is 154 g/mol. The highest BCUT2D eigenvalue weighted by molar-refractivity contribution is 7.97. The predicted octanol–water partition coefficient (Wildman–Crippen LogP) is -0.526. The maximum atomic E-state index is 10.6. The van der Waals surface area contributed by atoms with E-state index in [0.717, 1.165) is 11.9 Å². The third-order valence-corrected chi connectivity index (χ3v) is 1.50. The molecule has 1 atom stereocenters. The van der Waals surface area contributed by atoms with E-state index in [0.29, 0.717) is 0 Å². The van der Waals surface area contributed by atoms with E-state index < -0.39 is 6.04 Å². The highest BCUT2D eigenvalue weighted by atomic mass is 32.2. The van der Waals surface area contributed by atoms with Gasteiger partial charge in [-0.05, 0) is 0 Å². The Kier molecular flexibility index (Phi) is 4.87. The average molecular weight is 163 g/mol. The van der Waals surface area contributed by atoms with Gasteiger partial charge in [0.05, 0.1) is 6.04 Å². The van der Waals surface area contributed by atoms with Crippen LogP contribution in [0.5, 0.6) is 0 Å². The van der Waals surface area contributed by atoms with Crippen LogP contribution in [0.4, 0.5) is 0 Å². The third kappa shape index (κ3) is 3.41. The molecule has 0 aromatic rings. The molecular formula is C4H9N3O2S. The van der Waals surface area contributed by atoms with Crippen LogP contribution in [-0.2, 0) is 4.79 Å². The van der Waals surface area contributed by atoms with Crippen LogP contribution in [0, 0.1) is 4.91 Å². The smallest absolute Gasteiger partial charge is 0.237 e. The Hall–Kier alpha value is -0.620. The zero-order valence-electron chi connectivity index (χ0n) is 5.53. The zero-order valence-corrected chi connectivity index (χ0v) is 6.35. The van der Waals surface area contributed by atoms with Crippen molar-refractivity contribution in [1.82, 2.24) is 5.32 Å². The van der Waals surface area contributed by atoms with Crippen molar-refractivity contribution in [2.24, 2.45) is 10.3 Å². The number of amides is 1. The van der Waals surface area contributed by atoms with Gasteiger partial charge in [0.1, 0.15) is 0 Å². The molecule has 0 rings (SSSR count). The summed E-state index contributed by atoms with van der Waals surface area (Å²) in [5, 5.41) is 2.35. The molecule has 0 aliphatic heterocycles. The largest absolute Gasteiger partial charge is 0.358 e. The number of nitrogens with one attached hydrogen (secondary N) is 1. The highest BCUT2D eigenvalue weighted by Gasteiger charge is 2.10. The van der Waals surface area contributed by atoms with Crippen LogP contribution < -0.4 is 11.1 Å². The van der Waals surface area contributed by atoms with Gasteiger partial charge < -0.3 is 11.1 Å². The molecule has 0 aromatic heterocycles. The third-order valence-electron chi connectivity index (χ3n) is 0.890. The van der Waals surface area contributed by atoms with Crippen molar-refractivity contribution in [1.29, 1.82) is 0 Å². The van der Waals surface area contributed by atoms with Crippen molar-refractivity contribution in [3.8, 4) is 0 Å². The fraction of sp³-hybridized carbons (Fsp3) is 0.750. The average Bonchev–Trinajstić information content (AvgIpc) is 1.98. The number of hydrogen-bond donors (Lipinski definition) is 2. The molecule has 0 radical (unpaired) electrons. The van der Waals surface area contributed by atoms with E-state index in [-0.39, 0.29) is 11.7 Å². The molecule has 0 saturated carbocycles. The van der Waals surface area contributed by atoms with Gasteiger partial charge >= 0.3 is 0 Å². The summed E-state index contributed by atoms with van der Waals surface area (Å²) in [6.45, 7) is 0. The Morgan fingerprint density at radius 2 is 2.50 bits per heavy atom. The van der Waals surface area contributed by atoms with Gasteiger partial charge in [-0.25, -0.2) is 0 Å². The maximum absolute atomic E-state index is 10.6. The number of nitrogens with two attached hydrogens (primary N) is 1. The Labute approximate surface area is 62.8 Å². The van der Waals surface area contributed by atoms with Crippen LogP contribution in [0.25, 0.3) is 0 Å². The second-order valence-electron chi connectivity index (χ2n) is 1.59. The Balaban J connectivity index is 3.50. The summed E-state index contributed by atoms with van der Waals surface area (Å²) in [7, 11) is 1.49. The lowest BCUT2D eigenvalue weighted by Crippen LogP contribution is -2.40. The standard InChI is InChI=1S/C4H9N3O2S/c1-6-4(8)3(5)2-10-7-9/h3H,2,5H2,1H3,(H,6,8)/t3-/m0/s1. The van der Waals surface area contributed by atoms with Crippen molar-refractivity contribution >= 4 is 17.9 Å². The summed E-state index contributed by atoms with van der Waals surface area (Å²) in [6.07, 6.45) is 0. The van der Waals surface area contributed by atoms with Crippen LogP contribution >= 0.6 is 11.9 Å². The van der Waals surface area contributed by atoms with Crippen LogP contribution in [0.15, 0.2) is 4.58 Å². The van der Waals surface area contributed by atoms with Gasteiger partial charge in [-0.15, -0.1) is 4.91 Å². The van der Waals surface area contributed by atoms with E-state index in [1.807, 2.05) is 0 Å². The zero-order chi connectivity index (χ0) is 7.98. The lowest BCUT2D eigenvalue weighted by atomic mass is 10.3. The maximum Gasteiger partial charge on any atom is 0.237 e. The number of nitroso groups, excluding NO2 is 1. The summed E-state index contributed by atoms with van der Waals surface area (Å²) in [5.74, 6) is -0.0560. The summed E-state index contributed by atoms with van der Waals surface area (Å²) in [5.41, 5.74) is 5.28. The van der Waals surface area contributed by atoms with Gasteiger partial charge in [0.2, 0.25) is 5.91 Å². The lowest BCUT2D eigenvalue weighted by molar-refractivity contribution is -0.121. The first-order valence-electron chi connectivity index (χ1n) is 2.64. The van der Waals surface area contributed by atoms with Crippen molar-refractivity contribution in [3.63, 3.8) is 0 Å². The van der Waals surface area contributed by atoms with Crippen LogP contribution in [0.1, 0.15) is 0 Å². The number of carbonyl (C=O) groups is 1. The Morgan fingerprint density at radius 3 is 2.90 bits per heavy atom. The minimum atomic E-state index is -0.646. The Morgan fingerprint density at radius 1 is 1.90 bits per heavy atom. The molecule has 6 heteroatoms. The van der Waals surface area contributed by atoms with E-state index in [1.165, 1.54) is 7.05 Å². The van der Waals surface area contributed by atoms with Gasteiger partial charge in [0.15, 0.2) is 0 Å². The fourth-order valence-corrected chi connectivity index (χ4v) is 0.745. The van der Waals surface area contributed by atoms with Gasteiger partial charge in [-0.2, -0.15) is 0 Å². The van der Waals surface area contributed by atoms with Gasteiger partial charge in [0.25, 0.3) is 0 Å². The monoisotopic (exact) mass is 163 g/mol. The highest BCUT2D eigenvalue weighted by Crippen LogP contribution is 2.00. The number of carbonyl (C=O) groups excluding carboxylic acids is 1. The molecule has 0 spiro atoms. The van der Waals surface area contributed by atoms with E-state index in [1.54, 1.807) is 0 Å². The summed E-state index contributed by atoms with van der Waals surface area (Å²) < 4.78 is 2.50. The van der Waals surface area contributed by atoms with Gasteiger partial charge in [0, 0.05) is 29.3 Å². The van der Waals surface area contributed by atoms with Crippen molar-refractivity contribution < 1.29 is 4.79 Å². The van der Waals surface area contributed by atoms with Gasteiger partial charge in [-0.1, -0.05) is 0 Å². The van der Waals surface area contributed by atoms with E-state index in [2.05, 4.69) is 9.90 Å². The molecule has 0 saturated heterocycles. The topological polar surface area (TPSA) is 84.6 Å². The number of likely N-dealkylation sites (N-methyl/N-ethyl adjacent to an activating group) is 1. The number of nitrogens with zero attached hydrogens (tertiary/aromatic N) is 1. The molecule has 0 aromatic carbocycles.